The van der Waals surface area contributed by atoms with Crippen LogP contribution in [0.15, 0.2) is 48.5 Å². The molecule has 0 heterocycles. The molecule has 2 aromatic carbocycles. The van der Waals surface area contributed by atoms with Crippen molar-refractivity contribution in [1.82, 2.24) is 5.32 Å². The minimum Gasteiger partial charge on any atom is -0.331 e. The van der Waals surface area contributed by atoms with Gasteiger partial charge in [-0.1, -0.05) is 48.9 Å². The molecule has 0 aromatic heterocycles. The first kappa shape index (κ1) is 15.3. The molecule has 0 unspecified atom stereocenters. The van der Waals surface area contributed by atoms with Crippen LogP contribution in [0.25, 0.3) is 0 Å². The van der Waals surface area contributed by atoms with Crippen molar-refractivity contribution in [1.29, 1.82) is 0 Å². The number of anilines is 1. The number of benzene rings is 2. The van der Waals surface area contributed by atoms with Crippen LogP contribution in [0.1, 0.15) is 24.9 Å². The molecule has 2 N–H and O–H groups in total. The summed E-state index contributed by atoms with van der Waals surface area (Å²) in [5, 5.41) is 5.60. The first-order valence-corrected chi connectivity index (χ1v) is 7.05. The highest BCUT2D eigenvalue weighted by atomic mass is 35.5. The predicted molar refractivity (Wildman–Crippen MR) is 83.0 cm³/mol. The van der Waals surface area contributed by atoms with Gasteiger partial charge in [-0.05, 0) is 30.2 Å². The number of amides is 2. The van der Waals surface area contributed by atoms with Gasteiger partial charge in [0.1, 0.15) is 5.82 Å². The molecule has 0 bridgehead atoms. The SMILES string of the molecule is CC[C@H](NC(=O)Nc1ccc(Cl)cc1F)c1ccccc1. The molecule has 0 aliphatic rings. The van der Waals surface area contributed by atoms with Crippen LogP contribution in [-0.2, 0) is 0 Å². The smallest absolute Gasteiger partial charge is 0.319 e. The second-order valence-electron chi connectivity index (χ2n) is 4.59. The molecule has 1 atom stereocenters. The standard InChI is InChI=1S/C16H16ClFN2O/c1-2-14(11-6-4-3-5-7-11)19-16(21)20-15-9-8-12(17)10-13(15)18/h3-10,14H,2H2,1H3,(H2,19,20,21)/t14-/m0/s1. The van der Waals surface area contributed by atoms with E-state index in [1.54, 1.807) is 0 Å². The van der Waals surface area contributed by atoms with Crippen LogP contribution in [0.2, 0.25) is 5.02 Å². The fraction of sp³-hybridized carbons (Fsp3) is 0.188. The lowest BCUT2D eigenvalue weighted by Crippen LogP contribution is -2.32. The Morgan fingerprint density at radius 1 is 1.24 bits per heavy atom. The van der Waals surface area contributed by atoms with E-state index in [1.807, 2.05) is 37.3 Å². The summed E-state index contributed by atoms with van der Waals surface area (Å²) in [6, 6.07) is 13.2. The van der Waals surface area contributed by atoms with Gasteiger partial charge in [0.2, 0.25) is 0 Å². The number of urea groups is 1. The van der Waals surface area contributed by atoms with Crippen LogP contribution in [0, 0.1) is 5.82 Å². The molecule has 0 spiro atoms. The van der Waals surface area contributed by atoms with Crippen molar-refractivity contribution >= 4 is 23.3 Å². The summed E-state index contributed by atoms with van der Waals surface area (Å²) in [7, 11) is 0. The predicted octanol–water partition coefficient (Wildman–Crippen LogP) is 4.75. The zero-order valence-corrected chi connectivity index (χ0v) is 12.3. The fourth-order valence-electron chi connectivity index (χ4n) is 2.01. The van der Waals surface area contributed by atoms with Crippen molar-refractivity contribution in [3.63, 3.8) is 0 Å². The molecule has 110 valence electrons. The number of nitrogens with one attached hydrogen (secondary N) is 2. The van der Waals surface area contributed by atoms with E-state index in [2.05, 4.69) is 10.6 Å². The van der Waals surface area contributed by atoms with Crippen molar-refractivity contribution in [3.8, 4) is 0 Å². The molecule has 0 aliphatic carbocycles. The van der Waals surface area contributed by atoms with Gasteiger partial charge in [-0.3, -0.25) is 0 Å². The summed E-state index contributed by atoms with van der Waals surface area (Å²) in [5.41, 5.74) is 1.10. The Kier molecular flexibility index (Phi) is 5.17. The van der Waals surface area contributed by atoms with Gasteiger partial charge in [-0.15, -0.1) is 0 Å². The van der Waals surface area contributed by atoms with Gasteiger partial charge in [0, 0.05) is 5.02 Å². The van der Waals surface area contributed by atoms with E-state index in [1.165, 1.54) is 12.1 Å². The molecule has 21 heavy (non-hydrogen) atoms. The van der Waals surface area contributed by atoms with Crippen LogP contribution in [0.3, 0.4) is 0 Å². The van der Waals surface area contributed by atoms with Gasteiger partial charge in [0.15, 0.2) is 0 Å². The molecule has 0 fully saturated rings. The monoisotopic (exact) mass is 306 g/mol. The van der Waals surface area contributed by atoms with E-state index < -0.39 is 11.8 Å². The summed E-state index contributed by atoms with van der Waals surface area (Å²) in [5.74, 6) is -0.564. The van der Waals surface area contributed by atoms with Crippen LogP contribution in [-0.4, -0.2) is 6.03 Å². The zero-order chi connectivity index (χ0) is 15.2. The van der Waals surface area contributed by atoms with Gasteiger partial charge in [0.25, 0.3) is 0 Å². The van der Waals surface area contributed by atoms with Crippen LogP contribution < -0.4 is 10.6 Å². The van der Waals surface area contributed by atoms with E-state index in [-0.39, 0.29) is 16.8 Å². The van der Waals surface area contributed by atoms with E-state index in [4.69, 9.17) is 11.6 Å². The highest BCUT2D eigenvalue weighted by Crippen LogP contribution is 2.20. The largest absolute Gasteiger partial charge is 0.331 e. The average Bonchev–Trinajstić information content (AvgIpc) is 2.48. The fourth-order valence-corrected chi connectivity index (χ4v) is 2.17. The molecular weight excluding hydrogens is 291 g/mol. The molecule has 3 nitrogen and oxygen atoms in total. The number of halogens is 2. The molecular formula is C16H16ClFN2O. The van der Waals surface area contributed by atoms with Crippen LogP contribution >= 0.6 is 11.6 Å². The minimum absolute atomic E-state index is 0.0971. The van der Waals surface area contributed by atoms with Crippen LogP contribution in [0.4, 0.5) is 14.9 Å². The highest BCUT2D eigenvalue weighted by Gasteiger charge is 2.13. The summed E-state index contributed by atoms with van der Waals surface area (Å²) >= 11 is 5.67. The van der Waals surface area contributed by atoms with Gasteiger partial charge in [-0.2, -0.15) is 0 Å². The normalized spacial score (nSPS) is 11.8. The highest BCUT2D eigenvalue weighted by molar-refractivity contribution is 6.30. The molecule has 0 radical (unpaired) electrons. The van der Waals surface area contributed by atoms with E-state index in [0.717, 1.165) is 18.1 Å². The molecule has 2 aromatic rings. The summed E-state index contributed by atoms with van der Waals surface area (Å²) < 4.78 is 13.6. The lowest BCUT2D eigenvalue weighted by atomic mass is 10.1. The lowest BCUT2D eigenvalue weighted by molar-refractivity contribution is 0.248. The zero-order valence-electron chi connectivity index (χ0n) is 11.6. The number of carbonyl (C=O) groups excluding carboxylic acids is 1. The Morgan fingerprint density at radius 3 is 2.57 bits per heavy atom. The molecule has 5 heteroatoms. The first-order valence-electron chi connectivity index (χ1n) is 6.67. The molecule has 2 rings (SSSR count). The Bertz CT molecular complexity index is 619. The molecule has 0 saturated heterocycles. The molecule has 0 saturated carbocycles. The quantitative estimate of drug-likeness (QED) is 0.840. The number of carbonyl (C=O) groups is 1. The Balaban J connectivity index is 2.03. The maximum atomic E-state index is 13.6. The van der Waals surface area contributed by atoms with Crippen molar-refractivity contribution in [3.05, 3.63) is 64.9 Å². The Labute approximate surface area is 128 Å². The van der Waals surface area contributed by atoms with Gasteiger partial charge in [0.05, 0.1) is 11.7 Å². The summed E-state index contributed by atoms with van der Waals surface area (Å²) in [4.78, 5) is 12.0. The average molecular weight is 307 g/mol. The number of hydrogen-bond acceptors (Lipinski definition) is 1. The lowest BCUT2D eigenvalue weighted by Gasteiger charge is -2.18. The van der Waals surface area contributed by atoms with E-state index in [0.29, 0.717) is 0 Å². The third-order valence-electron chi connectivity index (χ3n) is 3.09. The van der Waals surface area contributed by atoms with Crippen molar-refractivity contribution in [2.75, 3.05) is 5.32 Å². The third kappa shape index (κ3) is 4.20. The van der Waals surface area contributed by atoms with Gasteiger partial charge >= 0.3 is 6.03 Å². The van der Waals surface area contributed by atoms with Crippen LogP contribution in [0.5, 0.6) is 0 Å². The molecule has 2 amide bonds. The summed E-state index contributed by atoms with van der Waals surface area (Å²) in [6.45, 7) is 1.97. The first-order chi connectivity index (χ1) is 10.1. The van der Waals surface area contributed by atoms with E-state index in [9.17, 15) is 9.18 Å². The van der Waals surface area contributed by atoms with Crippen molar-refractivity contribution < 1.29 is 9.18 Å². The maximum Gasteiger partial charge on any atom is 0.319 e. The summed E-state index contributed by atoms with van der Waals surface area (Å²) in [6.07, 6.45) is 0.737. The topological polar surface area (TPSA) is 41.1 Å². The minimum atomic E-state index is -0.564. The van der Waals surface area contributed by atoms with Crippen molar-refractivity contribution in [2.45, 2.75) is 19.4 Å². The third-order valence-corrected chi connectivity index (χ3v) is 3.33. The second kappa shape index (κ2) is 7.09. The number of hydrogen-bond donors (Lipinski definition) is 2. The van der Waals surface area contributed by atoms with Gasteiger partial charge in [-0.25, -0.2) is 9.18 Å². The Morgan fingerprint density at radius 2 is 1.95 bits per heavy atom. The maximum absolute atomic E-state index is 13.6. The van der Waals surface area contributed by atoms with E-state index >= 15 is 0 Å². The van der Waals surface area contributed by atoms with Crippen molar-refractivity contribution in [2.24, 2.45) is 0 Å². The molecule has 0 aliphatic heterocycles. The van der Waals surface area contributed by atoms with Gasteiger partial charge < -0.3 is 10.6 Å². The Hall–Kier alpha value is -2.07. The number of rotatable bonds is 4. The second-order valence-corrected chi connectivity index (χ2v) is 5.03.